The van der Waals surface area contributed by atoms with Crippen LogP contribution in [0.1, 0.15) is 30.7 Å². The minimum atomic E-state index is -4.46. The van der Waals surface area contributed by atoms with Crippen LogP contribution >= 0.6 is 23.2 Å². The van der Waals surface area contributed by atoms with E-state index in [-0.39, 0.29) is 17.5 Å². The molecule has 0 aliphatic rings. The van der Waals surface area contributed by atoms with Gasteiger partial charge in [-0.05, 0) is 37.6 Å². The fourth-order valence-corrected chi connectivity index (χ4v) is 2.34. The summed E-state index contributed by atoms with van der Waals surface area (Å²) in [5, 5.41) is 0.440. The standard InChI is InChI=1S/C16H14Cl2F3NO/c1-9(2)23-15-6-10(3-4-12(15)17)5-14-13(18)7-11(8-22-14)16(19,20)21/h3-4,6-9H,5H2,1-2H3. The molecule has 1 aromatic heterocycles. The maximum Gasteiger partial charge on any atom is 0.417 e. The predicted molar refractivity (Wildman–Crippen MR) is 84.3 cm³/mol. The van der Waals surface area contributed by atoms with Crippen LogP contribution in [-0.4, -0.2) is 11.1 Å². The molecule has 1 aromatic carbocycles. The molecule has 0 aliphatic heterocycles. The number of halogens is 5. The van der Waals surface area contributed by atoms with E-state index in [0.717, 1.165) is 17.8 Å². The highest BCUT2D eigenvalue weighted by Gasteiger charge is 2.31. The van der Waals surface area contributed by atoms with E-state index < -0.39 is 11.7 Å². The Morgan fingerprint density at radius 1 is 1.13 bits per heavy atom. The quantitative estimate of drug-likeness (QED) is 0.686. The second kappa shape index (κ2) is 6.97. The van der Waals surface area contributed by atoms with Gasteiger partial charge in [0.2, 0.25) is 0 Å². The summed E-state index contributed by atoms with van der Waals surface area (Å²) in [6.07, 6.45) is -3.45. The number of rotatable bonds is 4. The average Bonchev–Trinajstić information content (AvgIpc) is 2.43. The van der Waals surface area contributed by atoms with Crippen molar-refractivity contribution < 1.29 is 17.9 Å². The summed E-state index contributed by atoms with van der Waals surface area (Å²) in [6.45, 7) is 3.74. The van der Waals surface area contributed by atoms with Gasteiger partial charge in [-0.2, -0.15) is 13.2 Å². The van der Waals surface area contributed by atoms with Crippen LogP contribution in [0.15, 0.2) is 30.5 Å². The Balaban J connectivity index is 2.26. The van der Waals surface area contributed by atoms with Crippen molar-refractivity contribution >= 4 is 23.2 Å². The van der Waals surface area contributed by atoms with Gasteiger partial charge in [0.25, 0.3) is 0 Å². The molecule has 0 fully saturated rings. The summed E-state index contributed by atoms with van der Waals surface area (Å²) in [4.78, 5) is 3.83. The summed E-state index contributed by atoms with van der Waals surface area (Å²) in [5.74, 6) is 0.516. The van der Waals surface area contributed by atoms with Crippen LogP contribution < -0.4 is 4.74 Å². The van der Waals surface area contributed by atoms with Crippen LogP contribution in [0.25, 0.3) is 0 Å². The first-order valence-corrected chi connectivity index (χ1v) is 7.59. The van der Waals surface area contributed by atoms with Crippen molar-refractivity contribution in [3.8, 4) is 5.75 Å². The SMILES string of the molecule is CC(C)Oc1cc(Cc2ncc(C(F)(F)F)cc2Cl)ccc1Cl. The lowest BCUT2D eigenvalue weighted by molar-refractivity contribution is -0.137. The van der Waals surface area contributed by atoms with Crippen molar-refractivity contribution in [3.05, 3.63) is 57.3 Å². The van der Waals surface area contributed by atoms with E-state index in [4.69, 9.17) is 27.9 Å². The van der Waals surface area contributed by atoms with Crippen molar-refractivity contribution in [1.82, 2.24) is 4.98 Å². The average molecular weight is 364 g/mol. The van der Waals surface area contributed by atoms with Crippen LogP contribution in [0, 0.1) is 0 Å². The largest absolute Gasteiger partial charge is 0.489 e. The van der Waals surface area contributed by atoms with Crippen LogP contribution in [0.4, 0.5) is 13.2 Å². The Labute approximate surface area is 142 Å². The third kappa shape index (κ3) is 4.75. The molecule has 0 aliphatic carbocycles. The van der Waals surface area contributed by atoms with Crippen molar-refractivity contribution in [2.45, 2.75) is 32.5 Å². The number of hydrogen-bond donors (Lipinski definition) is 0. The number of aromatic nitrogens is 1. The lowest BCUT2D eigenvalue weighted by Gasteiger charge is -2.13. The van der Waals surface area contributed by atoms with E-state index >= 15 is 0 Å². The van der Waals surface area contributed by atoms with Gasteiger partial charge in [-0.1, -0.05) is 29.3 Å². The number of hydrogen-bond acceptors (Lipinski definition) is 2. The van der Waals surface area contributed by atoms with Crippen molar-refractivity contribution in [2.75, 3.05) is 0 Å². The molecule has 0 amide bonds. The molecule has 2 aromatic rings. The molecule has 0 unspecified atom stereocenters. The highest BCUT2D eigenvalue weighted by Crippen LogP contribution is 2.32. The molecular formula is C16H14Cl2F3NO. The second-order valence-electron chi connectivity index (χ2n) is 5.26. The molecule has 0 N–H and O–H groups in total. The molecule has 0 saturated heterocycles. The number of pyridine rings is 1. The Bertz CT molecular complexity index is 702. The number of alkyl halides is 3. The van der Waals surface area contributed by atoms with Crippen LogP contribution in [0.3, 0.4) is 0 Å². The first-order chi connectivity index (χ1) is 10.7. The first kappa shape index (κ1) is 17.9. The molecule has 1 heterocycles. The van der Waals surface area contributed by atoms with E-state index in [1.807, 2.05) is 13.8 Å². The second-order valence-corrected chi connectivity index (χ2v) is 6.07. The molecule has 23 heavy (non-hydrogen) atoms. The minimum absolute atomic E-state index is 0.0268. The van der Waals surface area contributed by atoms with Gasteiger partial charge in [0.1, 0.15) is 5.75 Å². The first-order valence-electron chi connectivity index (χ1n) is 6.83. The maximum absolute atomic E-state index is 12.6. The van der Waals surface area contributed by atoms with Gasteiger partial charge in [-0.25, -0.2) is 0 Å². The molecule has 0 spiro atoms. The summed E-state index contributed by atoms with van der Waals surface area (Å²) >= 11 is 12.0. The van der Waals surface area contributed by atoms with Gasteiger partial charge < -0.3 is 4.74 Å². The molecule has 0 saturated carbocycles. The molecule has 0 atom stereocenters. The minimum Gasteiger partial charge on any atom is -0.489 e. The molecule has 7 heteroatoms. The van der Waals surface area contributed by atoms with E-state index in [9.17, 15) is 13.2 Å². The molecule has 124 valence electrons. The van der Waals surface area contributed by atoms with Crippen LogP contribution in [0.2, 0.25) is 10.0 Å². The Kier molecular flexibility index (Phi) is 5.42. The summed E-state index contributed by atoms with van der Waals surface area (Å²) < 4.78 is 43.4. The highest BCUT2D eigenvalue weighted by atomic mass is 35.5. The fourth-order valence-electron chi connectivity index (χ4n) is 1.95. The van der Waals surface area contributed by atoms with Gasteiger partial charge >= 0.3 is 6.18 Å². The van der Waals surface area contributed by atoms with E-state index in [2.05, 4.69) is 4.98 Å². The summed E-state index contributed by atoms with van der Waals surface area (Å²) in [6, 6.07) is 6.04. The maximum atomic E-state index is 12.6. The molecule has 0 radical (unpaired) electrons. The van der Waals surface area contributed by atoms with E-state index in [0.29, 0.717) is 16.5 Å². The lowest BCUT2D eigenvalue weighted by atomic mass is 10.1. The van der Waals surface area contributed by atoms with Crippen molar-refractivity contribution in [3.63, 3.8) is 0 Å². The smallest absolute Gasteiger partial charge is 0.417 e. The zero-order valence-corrected chi connectivity index (χ0v) is 13.9. The van der Waals surface area contributed by atoms with Gasteiger partial charge in [-0.3, -0.25) is 4.98 Å². The van der Waals surface area contributed by atoms with Crippen LogP contribution in [0.5, 0.6) is 5.75 Å². The number of ether oxygens (including phenoxy) is 1. The number of benzene rings is 1. The van der Waals surface area contributed by atoms with Gasteiger partial charge in [0.15, 0.2) is 0 Å². The van der Waals surface area contributed by atoms with Crippen LogP contribution in [-0.2, 0) is 12.6 Å². The van der Waals surface area contributed by atoms with Crippen molar-refractivity contribution in [2.24, 2.45) is 0 Å². The van der Waals surface area contributed by atoms with E-state index in [1.54, 1.807) is 18.2 Å². The highest BCUT2D eigenvalue weighted by molar-refractivity contribution is 6.32. The molecular weight excluding hydrogens is 350 g/mol. The third-order valence-electron chi connectivity index (χ3n) is 2.97. The normalized spacial score (nSPS) is 11.8. The van der Waals surface area contributed by atoms with E-state index in [1.165, 1.54) is 0 Å². The van der Waals surface area contributed by atoms with Gasteiger partial charge in [0, 0.05) is 12.6 Å². The van der Waals surface area contributed by atoms with Gasteiger partial charge in [0.05, 0.1) is 27.4 Å². The number of nitrogens with zero attached hydrogens (tertiary/aromatic N) is 1. The summed E-state index contributed by atoms with van der Waals surface area (Å²) in [7, 11) is 0. The Morgan fingerprint density at radius 2 is 1.83 bits per heavy atom. The molecule has 2 rings (SSSR count). The Hall–Kier alpha value is -1.46. The predicted octanol–water partition coefficient (Wildman–Crippen LogP) is 5.79. The third-order valence-corrected chi connectivity index (χ3v) is 3.61. The topological polar surface area (TPSA) is 22.1 Å². The van der Waals surface area contributed by atoms with Gasteiger partial charge in [-0.15, -0.1) is 0 Å². The zero-order chi connectivity index (χ0) is 17.2. The molecule has 0 bridgehead atoms. The zero-order valence-electron chi connectivity index (χ0n) is 12.4. The Morgan fingerprint density at radius 3 is 2.39 bits per heavy atom. The molecule has 2 nitrogen and oxygen atoms in total. The lowest BCUT2D eigenvalue weighted by Crippen LogP contribution is -2.07. The summed E-state index contributed by atoms with van der Waals surface area (Å²) in [5.41, 5.74) is 0.280. The fraction of sp³-hybridized carbons (Fsp3) is 0.312. The van der Waals surface area contributed by atoms with Crippen molar-refractivity contribution in [1.29, 1.82) is 0 Å². The monoisotopic (exact) mass is 363 g/mol.